The van der Waals surface area contributed by atoms with Gasteiger partial charge in [0.05, 0.1) is 12.5 Å². The summed E-state index contributed by atoms with van der Waals surface area (Å²) >= 11 is 0. The first-order chi connectivity index (χ1) is 12.2. The van der Waals surface area contributed by atoms with Crippen molar-refractivity contribution in [2.45, 2.75) is 32.9 Å². The molecule has 0 spiro atoms. The van der Waals surface area contributed by atoms with E-state index in [0.717, 1.165) is 30.3 Å². The van der Waals surface area contributed by atoms with E-state index in [9.17, 15) is 9.59 Å². The first kappa shape index (κ1) is 15.8. The molecular weight excluding hydrogens is 318 g/mol. The molecule has 1 aromatic carbocycles. The normalized spacial score (nSPS) is 20.0. The van der Waals surface area contributed by atoms with Crippen molar-refractivity contribution in [1.82, 2.24) is 19.7 Å². The van der Waals surface area contributed by atoms with Crippen molar-refractivity contribution in [3.05, 3.63) is 42.0 Å². The Kier molecular flexibility index (Phi) is 3.99. The van der Waals surface area contributed by atoms with Crippen LogP contribution in [0, 0.1) is 5.92 Å². The third-order valence-corrected chi connectivity index (χ3v) is 5.00. The fourth-order valence-electron chi connectivity index (χ4n) is 3.66. The number of rotatable bonds is 3. The number of aryl methyl sites for hydroxylation is 1. The van der Waals surface area contributed by atoms with E-state index in [1.54, 1.807) is 4.90 Å². The molecule has 0 aliphatic carbocycles. The molecule has 25 heavy (non-hydrogen) atoms. The number of carbonyl (C=O) groups excluding carboxylic acids is 2. The highest BCUT2D eigenvalue weighted by molar-refractivity contribution is 6.00. The van der Waals surface area contributed by atoms with Crippen LogP contribution < -0.4 is 4.90 Å². The number of hydrogen-bond acceptors (Lipinski definition) is 4. The average molecular weight is 339 g/mol. The number of nitrogens with zero attached hydrogens (tertiary/aromatic N) is 5. The van der Waals surface area contributed by atoms with Gasteiger partial charge in [0.15, 0.2) is 5.82 Å². The number of fused-ring (bicyclic) bond motifs is 1. The summed E-state index contributed by atoms with van der Waals surface area (Å²) in [7, 11) is 0. The van der Waals surface area contributed by atoms with E-state index in [4.69, 9.17) is 0 Å². The minimum Gasteiger partial charge on any atom is -0.333 e. The van der Waals surface area contributed by atoms with E-state index in [0.29, 0.717) is 19.6 Å². The van der Waals surface area contributed by atoms with Crippen molar-refractivity contribution in [1.29, 1.82) is 0 Å². The minimum absolute atomic E-state index is 0.0120. The third kappa shape index (κ3) is 2.79. The molecule has 2 amide bonds. The van der Waals surface area contributed by atoms with Gasteiger partial charge in [-0.2, -0.15) is 0 Å². The molecule has 7 heteroatoms. The molecule has 2 aliphatic heterocycles. The van der Waals surface area contributed by atoms with Gasteiger partial charge in [-0.05, 0) is 12.1 Å². The molecule has 2 aliphatic rings. The van der Waals surface area contributed by atoms with Gasteiger partial charge in [0.2, 0.25) is 11.8 Å². The van der Waals surface area contributed by atoms with E-state index in [-0.39, 0.29) is 24.2 Å². The largest absolute Gasteiger partial charge is 0.333 e. The molecule has 130 valence electrons. The molecule has 0 saturated carbocycles. The Morgan fingerprint density at radius 2 is 2.00 bits per heavy atom. The van der Waals surface area contributed by atoms with Crippen LogP contribution in [0.3, 0.4) is 0 Å². The van der Waals surface area contributed by atoms with E-state index in [1.807, 2.05) is 35.2 Å². The van der Waals surface area contributed by atoms with Crippen LogP contribution in [0.25, 0.3) is 0 Å². The molecular formula is C18H21N5O2. The lowest BCUT2D eigenvalue weighted by Crippen LogP contribution is -2.42. The number of para-hydroxylation sites is 1. The zero-order chi connectivity index (χ0) is 17.4. The SMILES string of the molecule is CCc1nnc2n1CCN(C(=O)C1CC(=O)N(c3ccccc3)C1)C2. The molecule has 3 heterocycles. The maximum absolute atomic E-state index is 12.9. The van der Waals surface area contributed by atoms with Crippen LogP contribution in [-0.2, 0) is 29.1 Å². The quantitative estimate of drug-likeness (QED) is 0.843. The van der Waals surface area contributed by atoms with Crippen molar-refractivity contribution in [2.75, 3.05) is 18.0 Å². The smallest absolute Gasteiger partial charge is 0.228 e. The molecule has 1 aromatic heterocycles. The summed E-state index contributed by atoms with van der Waals surface area (Å²) < 4.78 is 2.10. The van der Waals surface area contributed by atoms with Gasteiger partial charge in [-0.15, -0.1) is 10.2 Å². The summed E-state index contributed by atoms with van der Waals surface area (Å²) in [5, 5.41) is 8.39. The molecule has 1 atom stereocenters. The van der Waals surface area contributed by atoms with Gasteiger partial charge >= 0.3 is 0 Å². The van der Waals surface area contributed by atoms with Gasteiger partial charge in [0.1, 0.15) is 5.82 Å². The van der Waals surface area contributed by atoms with E-state index in [2.05, 4.69) is 21.7 Å². The van der Waals surface area contributed by atoms with Gasteiger partial charge in [0.25, 0.3) is 0 Å². The monoisotopic (exact) mass is 339 g/mol. The second-order valence-electron chi connectivity index (χ2n) is 6.54. The van der Waals surface area contributed by atoms with Crippen LogP contribution in [0.2, 0.25) is 0 Å². The second kappa shape index (κ2) is 6.31. The second-order valence-corrected chi connectivity index (χ2v) is 6.54. The van der Waals surface area contributed by atoms with Crippen LogP contribution in [0.1, 0.15) is 25.0 Å². The Morgan fingerprint density at radius 1 is 1.20 bits per heavy atom. The van der Waals surface area contributed by atoms with Gasteiger partial charge < -0.3 is 14.4 Å². The summed E-state index contributed by atoms with van der Waals surface area (Å²) in [6.07, 6.45) is 1.11. The number of amides is 2. The Hall–Kier alpha value is -2.70. The van der Waals surface area contributed by atoms with Crippen LogP contribution in [0.4, 0.5) is 5.69 Å². The van der Waals surface area contributed by atoms with Crippen LogP contribution in [-0.4, -0.2) is 44.6 Å². The van der Waals surface area contributed by atoms with Crippen molar-refractivity contribution in [2.24, 2.45) is 5.92 Å². The molecule has 0 N–H and O–H groups in total. The fraction of sp³-hybridized carbons (Fsp3) is 0.444. The highest BCUT2D eigenvalue weighted by Gasteiger charge is 2.38. The Balaban J connectivity index is 1.46. The van der Waals surface area contributed by atoms with Gasteiger partial charge in [0, 0.05) is 38.2 Å². The standard InChI is InChI=1S/C18H21N5O2/c1-2-15-19-20-16-12-21(8-9-22(15)16)18(25)13-10-17(24)23(11-13)14-6-4-3-5-7-14/h3-7,13H,2,8-12H2,1H3. The lowest BCUT2D eigenvalue weighted by Gasteiger charge is -2.29. The van der Waals surface area contributed by atoms with Crippen LogP contribution >= 0.6 is 0 Å². The van der Waals surface area contributed by atoms with Crippen LogP contribution in [0.5, 0.6) is 0 Å². The molecule has 0 bridgehead atoms. The van der Waals surface area contributed by atoms with E-state index >= 15 is 0 Å². The summed E-state index contributed by atoms with van der Waals surface area (Å²) in [6.45, 7) is 4.34. The molecule has 7 nitrogen and oxygen atoms in total. The predicted molar refractivity (Wildman–Crippen MR) is 91.7 cm³/mol. The van der Waals surface area contributed by atoms with Crippen molar-refractivity contribution < 1.29 is 9.59 Å². The van der Waals surface area contributed by atoms with Crippen LogP contribution in [0.15, 0.2) is 30.3 Å². The van der Waals surface area contributed by atoms with Crippen molar-refractivity contribution in [3.8, 4) is 0 Å². The van der Waals surface area contributed by atoms with Gasteiger partial charge in [-0.3, -0.25) is 9.59 Å². The summed E-state index contributed by atoms with van der Waals surface area (Å²) in [6, 6.07) is 9.53. The van der Waals surface area contributed by atoms with E-state index in [1.165, 1.54) is 0 Å². The Morgan fingerprint density at radius 3 is 2.76 bits per heavy atom. The highest BCUT2D eigenvalue weighted by Crippen LogP contribution is 2.27. The minimum atomic E-state index is -0.284. The maximum Gasteiger partial charge on any atom is 0.228 e. The summed E-state index contributed by atoms with van der Waals surface area (Å²) in [5.74, 6) is 1.57. The molecule has 0 radical (unpaired) electrons. The number of hydrogen-bond donors (Lipinski definition) is 0. The molecule has 1 fully saturated rings. The molecule has 2 aromatic rings. The number of benzene rings is 1. The molecule has 1 saturated heterocycles. The predicted octanol–water partition coefficient (Wildman–Crippen LogP) is 1.24. The first-order valence-corrected chi connectivity index (χ1v) is 8.72. The zero-order valence-electron chi connectivity index (χ0n) is 14.3. The zero-order valence-corrected chi connectivity index (χ0v) is 14.3. The Labute approximate surface area is 146 Å². The number of aromatic nitrogens is 3. The number of carbonyl (C=O) groups is 2. The molecule has 4 rings (SSSR count). The first-order valence-electron chi connectivity index (χ1n) is 8.72. The van der Waals surface area contributed by atoms with Crippen molar-refractivity contribution in [3.63, 3.8) is 0 Å². The fourth-order valence-corrected chi connectivity index (χ4v) is 3.66. The van der Waals surface area contributed by atoms with Crippen molar-refractivity contribution >= 4 is 17.5 Å². The average Bonchev–Trinajstić information content (AvgIpc) is 3.24. The lowest BCUT2D eigenvalue weighted by atomic mass is 10.1. The maximum atomic E-state index is 12.9. The number of anilines is 1. The summed E-state index contributed by atoms with van der Waals surface area (Å²) in [5.41, 5.74) is 0.855. The topological polar surface area (TPSA) is 71.3 Å². The Bertz CT molecular complexity index is 801. The molecule has 1 unspecified atom stereocenters. The third-order valence-electron chi connectivity index (χ3n) is 5.00. The summed E-state index contributed by atoms with van der Waals surface area (Å²) in [4.78, 5) is 28.8. The van der Waals surface area contributed by atoms with E-state index < -0.39 is 0 Å². The van der Waals surface area contributed by atoms with Gasteiger partial charge in [-0.25, -0.2) is 0 Å². The van der Waals surface area contributed by atoms with Gasteiger partial charge in [-0.1, -0.05) is 25.1 Å². The lowest BCUT2D eigenvalue weighted by molar-refractivity contribution is -0.137. The highest BCUT2D eigenvalue weighted by atomic mass is 16.2.